The van der Waals surface area contributed by atoms with Crippen molar-refractivity contribution in [2.75, 3.05) is 0 Å². The van der Waals surface area contributed by atoms with Crippen molar-refractivity contribution in [2.45, 2.75) is 5.41 Å². The van der Waals surface area contributed by atoms with Crippen LogP contribution in [0.5, 0.6) is 0 Å². The van der Waals surface area contributed by atoms with Crippen LogP contribution in [0.3, 0.4) is 0 Å². The Morgan fingerprint density at radius 2 is 0.939 bits per heavy atom. The fourth-order valence-corrected chi connectivity index (χ4v) is 7.83. The molecule has 228 valence electrons. The summed E-state index contributed by atoms with van der Waals surface area (Å²) in [5.74, 6) is 0. The molecule has 0 bridgehead atoms. The van der Waals surface area contributed by atoms with E-state index in [0.717, 1.165) is 55.4 Å². The van der Waals surface area contributed by atoms with Crippen LogP contribution in [0.25, 0.3) is 66.2 Å². The van der Waals surface area contributed by atoms with Crippen LogP contribution in [0.2, 0.25) is 0 Å². The molecule has 10 rings (SSSR count). The Balaban J connectivity index is 1.17. The molecule has 4 heteroatoms. The van der Waals surface area contributed by atoms with E-state index in [0.29, 0.717) is 0 Å². The van der Waals surface area contributed by atoms with Crippen LogP contribution < -0.4 is 0 Å². The van der Waals surface area contributed by atoms with Gasteiger partial charge in [-0.3, -0.25) is 9.97 Å². The third-order valence-electron chi connectivity index (χ3n) is 10.1. The first-order valence-electron chi connectivity index (χ1n) is 16.5. The minimum atomic E-state index is -0.579. The molecule has 49 heavy (non-hydrogen) atoms. The van der Waals surface area contributed by atoms with Crippen molar-refractivity contribution in [3.05, 3.63) is 193 Å². The highest BCUT2D eigenvalue weighted by molar-refractivity contribution is 6.04. The molecular formula is C45H28N4. The lowest BCUT2D eigenvalue weighted by Gasteiger charge is -2.33. The predicted molar refractivity (Wildman–Crippen MR) is 198 cm³/mol. The highest BCUT2D eigenvalue weighted by Crippen LogP contribution is 2.56. The Labute approximate surface area is 283 Å². The van der Waals surface area contributed by atoms with Crippen molar-refractivity contribution >= 4 is 32.6 Å². The minimum absolute atomic E-state index is 0.579. The van der Waals surface area contributed by atoms with Crippen molar-refractivity contribution < 1.29 is 0 Å². The van der Waals surface area contributed by atoms with Gasteiger partial charge in [-0.2, -0.15) is 0 Å². The molecule has 1 aliphatic carbocycles. The first-order valence-corrected chi connectivity index (χ1v) is 16.5. The summed E-state index contributed by atoms with van der Waals surface area (Å²) in [4.78, 5) is 19.8. The van der Waals surface area contributed by atoms with E-state index in [1.165, 1.54) is 33.0 Å². The maximum Gasteiger partial charge on any atom is 0.0972 e. The molecule has 0 spiro atoms. The Hall–Kier alpha value is -6.52. The molecule has 4 aromatic heterocycles. The third-order valence-corrected chi connectivity index (χ3v) is 10.1. The van der Waals surface area contributed by atoms with E-state index in [4.69, 9.17) is 9.97 Å². The zero-order chi connectivity index (χ0) is 32.4. The number of pyridine rings is 4. The minimum Gasteiger partial charge on any atom is -0.264 e. The zero-order valence-electron chi connectivity index (χ0n) is 26.5. The van der Waals surface area contributed by atoms with E-state index in [1.807, 2.05) is 36.9 Å². The number of aromatic nitrogens is 4. The molecule has 1 aliphatic rings. The van der Waals surface area contributed by atoms with Crippen molar-refractivity contribution in [3.63, 3.8) is 0 Å². The zero-order valence-corrected chi connectivity index (χ0v) is 26.5. The Bertz CT molecular complexity index is 2680. The van der Waals surface area contributed by atoms with Crippen LogP contribution >= 0.6 is 0 Å². The monoisotopic (exact) mass is 624 g/mol. The van der Waals surface area contributed by atoms with Gasteiger partial charge in [0.25, 0.3) is 0 Å². The standard InChI is InChI=1S/C45H28N4/c1-2-8-32-25-33(16-13-29(32)7-1)41-21-18-30-14-15-31-19-22-42(49-44(31)43(30)48-41)34-17-20-38-37-11-3-4-12-39(37)45(40(38)26-34,35-9-5-23-46-27-35)36-10-6-24-47-28-36/h1-28H. The van der Waals surface area contributed by atoms with Crippen molar-refractivity contribution in [1.82, 2.24) is 19.9 Å². The number of nitrogens with zero attached hydrogens (tertiary/aromatic N) is 4. The second-order valence-corrected chi connectivity index (χ2v) is 12.7. The summed E-state index contributed by atoms with van der Waals surface area (Å²) in [5.41, 5.74) is 12.3. The van der Waals surface area contributed by atoms with Crippen LogP contribution in [0, 0.1) is 0 Å². The first-order chi connectivity index (χ1) is 24.3. The smallest absolute Gasteiger partial charge is 0.0972 e. The van der Waals surface area contributed by atoms with Gasteiger partial charge in [0.2, 0.25) is 0 Å². The first kappa shape index (κ1) is 27.6. The van der Waals surface area contributed by atoms with Crippen LogP contribution in [0.4, 0.5) is 0 Å². The maximum atomic E-state index is 5.34. The third kappa shape index (κ3) is 4.17. The van der Waals surface area contributed by atoms with Gasteiger partial charge in [0, 0.05) is 46.7 Å². The molecule has 4 nitrogen and oxygen atoms in total. The van der Waals surface area contributed by atoms with E-state index in [1.54, 1.807) is 0 Å². The highest BCUT2D eigenvalue weighted by Gasteiger charge is 2.46. The summed E-state index contributed by atoms with van der Waals surface area (Å²) in [6.45, 7) is 0. The van der Waals surface area contributed by atoms with Crippen LogP contribution in [-0.2, 0) is 5.41 Å². The molecule has 4 heterocycles. The molecule has 5 aromatic carbocycles. The normalized spacial score (nSPS) is 13.1. The summed E-state index contributed by atoms with van der Waals surface area (Å²) < 4.78 is 0. The summed E-state index contributed by atoms with van der Waals surface area (Å²) in [5, 5.41) is 4.55. The molecule has 0 aliphatic heterocycles. The average Bonchev–Trinajstić information content (AvgIpc) is 3.48. The van der Waals surface area contributed by atoms with E-state index in [-0.39, 0.29) is 0 Å². The van der Waals surface area contributed by atoms with Gasteiger partial charge in [0.15, 0.2) is 0 Å². The predicted octanol–water partition coefficient (Wildman–Crippen LogP) is 10.4. The number of fused-ring (bicyclic) bond motifs is 7. The molecule has 0 atom stereocenters. The number of rotatable bonds is 4. The molecule has 9 aromatic rings. The molecule has 0 fully saturated rings. The summed E-state index contributed by atoms with van der Waals surface area (Å²) in [6, 6.07) is 51.7. The Morgan fingerprint density at radius 3 is 1.61 bits per heavy atom. The maximum absolute atomic E-state index is 5.34. The molecular weight excluding hydrogens is 597 g/mol. The van der Waals surface area contributed by atoms with Gasteiger partial charge in [-0.25, -0.2) is 9.97 Å². The van der Waals surface area contributed by atoms with Gasteiger partial charge in [-0.1, -0.05) is 109 Å². The van der Waals surface area contributed by atoms with Crippen molar-refractivity contribution in [2.24, 2.45) is 0 Å². The molecule has 0 radical (unpaired) electrons. The molecule has 0 saturated heterocycles. The van der Waals surface area contributed by atoms with E-state index in [2.05, 4.69) is 143 Å². The van der Waals surface area contributed by atoms with Gasteiger partial charge in [0.1, 0.15) is 0 Å². The number of benzene rings is 5. The fraction of sp³-hybridized carbons (Fsp3) is 0.0222. The summed E-state index contributed by atoms with van der Waals surface area (Å²) >= 11 is 0. The van der Waals surface area contributed by atoms with E-state index < -0.39 is 5.41 Å². The lowest BCUT2D eigenvalue weighted by atomic mass is 9.68. The SMILES string of the molecule is c1cncc(C2(c3cccnc3)c3ccccc3-c3ccc(-c4ccc5ccc6ccc(-c7ccc8ccccc8c7)nc6c5n4)cc32)c1. The quantitative estimate of drug-likeness (QED) is 0.183. The molecule has 0 N–H and O–H groups in total. The molecule has 0 saturated carbocycles. The van der Waals surface area contributed by atoms with Crippen LogP contribution in [0.15, 0.2) is 170 Å². The fourth-order valence-electron chi connectivity index (χ4n) is 7.83. The van der Waals surface area contributed by atoms with Gasteiger partial charge in [-0.15, -0.1) is 0 Å². The van der Waals surface area contributed by atoms with Gasteiger partial charge < -0.3 is 0 Å². The molecule has 0 amide bonds. The van der Waals surface area contributed by atoms with Gasteiger partial charge in [-0.05, 0) is 80.6 Å². The number of hydrogen-bond acceptors (Lipinski definition) is 4. The summed E-state index contributed by atoms with van der Waals surface area (Å²) in [7, 11) is 0. The van der Waals surface area contributed by atoms with Gasteiger partial charge >= 0.3 is 0 Å². The summed E-state index contributed by atoms with van der Waals surface area (Å²) in [6.07, 6.45) is 7.65. The van der Waals surface area contributed by atoms with Crippen LogP contribution in [-0.4, -0.2) is 19.9 Å². The Morgan fingerprint density at radius 1 is 0.388 bits per heavy atom. The second-order valence-electron chi connectivity index (χ2n) is 12.7. The number of hydrogen-bond donors (Lipinski definition) is 0. The second kappa shape index (κ2) is 10.8. The topological polar surface area (TPSA) is 51.6 Å². The Kier molecular flexibility index (Phi) is 6.06. The van der Waals surface area contributed by atoms with Crippen molar-refractivity contribution in [1.29, 1.82) is 0 Å². The largest absolute Gasteiger partial charge is 0.264 e. The van der Waals surface area contributed by atoms with Crippen LogP contribution in [0.1, 0.15) is 22.3 Å². The average molecular weight is 625 g/mol. The molecule has 0 unspecified atom stereocenters. The highest BCUT2D eigenvalue weighted by atomic mass is 14.8. The lowest BCUT2D eigenvalue weighted by Crippen LogP contribution is -2.29. The van der Waals surface area contributed by atoms with Crippen molar-refractivity contribution in [3.8, 4) is 33.6 Å². The van der Waals surface area contributed by atoms with Gasteiger partial charge in [0.05, 0.1) is 27.8 Å². The lowest BCUT2D eigenvalue weighted by molar-refractivity contribution is 0.757. The van der Waals surface area contributed by atoms with E-state index >= 15 is 0 Å². The van der Waals surface area contributed by atoms with E-state index in [9.17, 15) is 0 Å².